The van der Waals surface area contributed by atoms with Gasteiger partial charge in [-0.2, -0.15) is 0 Å². The number of hydrogen-bond acceptors (Lipinski definition) is 6. The Morgan fingerprint density at radius 1 is 0.136 bits per heavy atom. The van der Waals surface area contributed by atoms with Crippen molar-refractivity contribution in [3.05, 3.63) is 243 Å². The van der Waals surface area contributed by atoms with Crippen LogP contribution in [-0.4, -0.2) is 29.9 Å². The van der Waals surface area contributed by atoms with Gasteiger partial charge in [-0.05, 0) is 74.8 Å². The highest BCUT2D eigenvalue weighted by atomic mass is 15.0. The predicted molar refractivity (Wildman–Crippen MR) is 268 cm³/mol. The summed E-state index contributed by atoms with van der Waals surface area (Å²) < 4.78 is 0. The van der Waals surface area contributed by atoms with Crippen LogP contribution in [0.4, 0.5) is 0 Å². The zero-order valence-corrected chi connectivity index (χ0v) is 35.8. The SMILES string of the molecule is c1ccc(-c2cccc(-c3nc(-c4ccccc4)nc(-c4cccc(-c5cccc(-c6cccc(-c7nc(-c8ccccc8)nc(-c8cccc(-c9ccccc9)c8)n7)c6)c5)c4)n3)c2)cc1. The monoisotopic (exact) mass is 844 g/mol. The molecule has 0 aliphatic rings. The van der Waals surface area contributed by atoms with Gasteiger partial charge in [0.1, 0.15) is 0 Å². The molecule has 0 saturated heterocycles. The first kappa shape index (κ1) is 39.8. The van der Waals surface area contributed by atoms with E-state index in [0.29, 0.717) is 34.9 Å². The summed E-state index contributed by atoms with van der Waals surface area (Å²) in [5.41, 5.74) is 14.2. The Hall–Kier alpha value is -9.00. The van der Waals surface area contributed by atoms with Crippen LogP contribution in [0, 0.1) is 0 Å². The average Bonchev–Trinajstić information content (AvgIpc) is 3.42. The van der Waals surface area contributed by atoms with Crippen molar-refractivity contribution in [3.63, 3.8) is 0 Å². The molecule has 0 aliphatic carbocycles. The highest BCUT2D eigenvalue weighted by Crippen LogP contribution is 2.34. The van der Waals surface area contributed by atoms with E-state index in [4.69, 9.17) is 29.9 Å². The second kappa shape index (κ2) is 18.0. The maximum Gasteiger partial charge on any atom is 0.164 e. The lowest BCUT2D eigenvalue weighted by atomic mass is 9.97. The van der Waals surface area contributed by atoms with Crippen molar-refractivity contribution in [2.24, 2.45) is 0 Å². The van der Waals surface area contributed by atoms with Crippen molar-refractivity contribution in [3.8, 4) is 113 Å². The van der Waals surface area contributed by atoms with Gasteiger partial charge >= 0.3 is 0 Å². The molecular formula is C60H40N6. The third-order valence-corrected chi connectivity index (χ3v) is 11.6. The molecule has 0 spiro atoms. The largest absolute Gasteiger partial charge is 0.208 e. The molecule has 0 atom stereocenters. The molecular weight excluding hydrogens is 805 g/mol. The molecule has 0 saturated carbocycles. The molecule has 310 valence electrons. The van der Waals surface area contributed by atoms with Gasteiger partial charge in [-0.3, -0.25) is 0 Å². The smallest absolute Gasteiger partial charge is 0.164 e. The Bertz CT molecular complexity index is 3240. The van der Waals surface area contributed by atoms with Crippen molar-refractivity contribution in [1.29, 1.82) is 0 Å². The molecule has 0 unspecified atom stereocenters. The molecule has 0 N–H and O–H groups in total. The third-order valence-electron chi connectivity index (χ3n) is 11.6. The lowest BCUT2D eigenvalue weighted by Crippen LogP contribution is -2.00. The average molecular weight is 845 g/mol. The number of nitrogens with zero attached hydrogens (tertiary/aromatic N) is 6. The van der Waals surface area contributed by atoms with Crippen LogP contribution >= 0.6 is 0 Å². The lowest BCUT2D eigenvalue weighted by molar-refractivity contribution is 1.07. The minimum absolute atomic E-state index is 0.605. The zero-order chi connectivity index (χ0) is 44.1. The van der Waals surface area contributed by atoms with E-state index in [1.54, 1.807) is 0 Å². The molecule has 0 radical (unpaired) electrons. The molecule has 6 nitrogen and oxygen atoms in total. The molecule has 0 amide bonds. The number of benzene rings is 9. The van der Waals surface area contributed by atoms with E-state index in [9.17, 15) is 0 Å². The van der Waals surface area contributed by atoms with Gasteiger partial charge in [-0.25, -0.2) is 29.9 Å². The zero-order valence-electron chi connectivity index (χ0n) is 35.8. The van der Waals surface area contributed by atoms with Crippen LogP contribution in [0.25, 0.3) is 113 Å². The van der Waals surface area contributed by atoms with Crippen molar-refractivity contribution in [2.75, 3.05) is 0 Å². The number of hydrogen-bond donors (Lipinski definition) is 0. The Balaban J connectivity index is 0.945. The maximum absolute atomic E-state index is 5.10. The van der Waals surface area contributed by atoms with E-state index in [1.807, 2.05) is 72.8 Å². The molecule has 0 aliphatic heterocycles. The van der Waals surface area contributed by atoms with Gasteiger partial charge in [0, 0.05) is 33.4 Å². The minimum atomic E-state index is 0.605. The third kappa shape index (κ3) is 8.54. The van der Waals surface area contributed by atoms with Crippen molar-refractivity contribution < 1.29 is 0 Å². The van der Waals surface area contributed by atoms with E-state index >= 15 is 0 Å². The predicted octanol–water partition coefficient (Wildman–Crippen LogP) is 14.7. The van der Waals surface area contributed by atoms with Crippen LogP contribution in [0.3, 0.4) is 0 Å². The molecule has 9 aromatic carbocycles. The van der Waals surface area contributed by atoms with Crippen molar-refractivity contribution in [1.82, 2.24) is 29.9 Å². The van der Waals surface area contributed by atoms with E-state index in [0.717, 1.165) is 77.9 Å². The van der Waals surface area contributed by atoms with Crippen molar-refractivity contribution in [2.45, 2.75) is 0 Å². The Labute approximate surface area is 383 Å². The second-order valence-electron chi connectivity index (χ2n) is 16.0. The molecule has 66 heavy (non-hydrogen) atoms. The second-order valence-corrected chi connectivity index (χ2v) is 16.0. The molecule has 11 aromatic rings. The van der Waals surface area contributed by atoms with Gasteiger partial charge in [-0.1, -0.05) is 212 Å². The highest BCUT2D eigenvalue weighted by Gasteiger charge is 2.16. The summed E-state index contributed by atoms with van der Waals surface area (Å²) in [6, 6.07) is 83.1. The molecule has 11 rings (SSSR count). The van der Waals surface area contributed by atoms with Gasteiger partial charge in [0.15, 0.2) is 34.9 Å². The van der Waals surface area contributed by atoms with Crippen LogP contribution in [0.5, 0.6) is 0 Å². The van der Waals surface area contributed by atoms with Crippen LogP contribution in [-0.2, 0) is 0 Å². The van der Waals surface area contributed by atoms with Gasteiger partial charge in [0.05, 0.1) is 0 Å². The van der Waals surface area contributed by atoms with Gasteiger partial charge in [-0.15, -0.1) is 0 Å². The quantitative estimate of drug-likeness (QED) is 0.136. The summed E-state index contributed by atoms with van der Waals surface area (Å²) >= 11 is 0. The Morgan fingerprint density at radius 2 is 0.303 bits per heavy atom. The first-order valence-electron chi connectivity index (χ1n) is 21.9. The van der Waals surface area contributed by atoms with Crippen LogP contribution in [0.2, 0.25) is 0 Å². The molecule has 2 aromatic heterocycles. The van der Waals surface area contributed by atoms with E-state index in [-0.39, 0.29) is 0 Å². The lowest BCUT2D eigenvalue weighted by Gasteiger charge is -2.12. The summed E-state index contributed by atoms with van der Waals surface area (Å²) in [7, 11) is 0. The summed E-state index contributed by atoms with van der Waals surface area (Å²) in [5, 5.41) is 0. The highest BCUT2D eigenvalue weighted by molar-refractivity contribution is 5.80. The van der Waals surface area contributed by atoms with E-state index in [2.05, 4.69) is 170 Å². The Morgan fingerprint density at radius 3 is 0.561 bits per heavy atom. The molecule has 0 fully saturated rings. The maximum atomic E-state index is 5.10. The Kier molecular flexibility index (Phi) is 10.9. The van der Waals surface area contributed by atoms with E-state index in [1.165, 1.54) is 0 Å². The number of aromatic nitrogens is 6. The molecule has 2 heterocycles. The molecule has 6 heteroatoms. The standard InChI is InChI=1S/C60H40N6/c1-5-18-41(19-6-1)45-26-14-32-51(37-45)57-61-55(43-22-9-3-10-23-43)63-59(65-57)53-34-16-30-49(39-53)47-28-13-29-48(36-47)50-31-17-35-54(40-50)60-64-56(44-24-11-4-12-25-44)62-58(66-60)52-33-15-27-46(38-52)42-20-7-2-8-21-42/h1-40H. The van der Waals surface area contributed by atoms with Gasteiger partial charge in [0.25, 0.3) is 0 Å². The topological polar surface area (TPSA) is 77.3 Å². The summed E-state index contributed by atoms with van der Waals surface area (Å²) in [6.45, 7) is 0. The van der Waals surface area contributed by atoms with Gasteiger partial charge in [0.2, 0.25) is 0 Å². The first-order chi connectivity index (χ1) is 32.7. The summed E-state index contributed by atoms with van der Waals surface area (Å²) in [6.07, 6.45) is 0. The van der Waals surface area contributed by atoms with Crippen LogP contribution in [0.15, 0.2) is 243 Å². The first-order valence-corrected chi connectivity index (χ1v) is 21.9. The minimum Gasteiger partial charge on any atom is -0.208 e. The van der Waals surface area contributed by atoms with Crippen molar-refractivity contribution >= 4 is 0 Å². The summed E-state index contributed by atoms with van der Waals surface area (Å²) in [5.74, 6) is 3.68. The van der Waals surface area contributed by atoms with Gasteiger partial charge < -0.3 is 0 Å². The van der Waals surface area contributed by atoms with Crippen LogP contribution < -0.4 is 0 Å². The molecule has 0 bridgehead atoms. The number of rotatable bonds is 10. The van der Waals surface area contributed by atoms with E-state index < -0.39 is 0 Å². The fourth-order valence-electron chi connectivity index (χ4n) is 8.19. The van der Waals surface area contributed by atoms with Crippen LogP contribution in [0.1, 0.15) is 0 Å². The summed E-state index contributed by atoms with van der Waals surface area (Å²) in [4.78, 5) is 30.3. The fourth-order valence-corrected chi connectivity index (χ4v) is 8.19. The fraction of sp³-hybridized carbons (Fsp3) is 0. The normalized spacial score (nSPS) is 11.0.